The third-order valence-electron chi connectivity index (χ3n) is 1.74. The van der Waals surface area contributed by atoms with E-state index in [-0.39, 0.29) is 6.04 Å². The highest BCUT2D eigenvalue weighted by molar-refractivity contribution is 5.89. The minimum atomic E-state index is 0.222. The summed E-state index contributed by atoms with van der Waals surface area (Å²) in [5.74, 6) is 0. The molecule has 0 fully saturated rings. The van der Waals surface area contributed by atoms with E-state index in [1.807, 2.05) is 31.4 Å². The van der Waals surface area contributed by atoms with Gasteiger partial charge in [0.05, 0.1) is 6.04 Å². The number of nitrogens with one attached hydrogen (secondary N) is 1. The molecule has 0 aromatic rings. The summed E-state index contributed by atoms with van der Waals surface area (Å²) < 4.78 is 0. The SMILES string of the molecule is C=C/C=C\N=C(/C)C1C=CC=CN1. The van der Waals surface area contributed by atoms with E-state index in [1.165, 1.54) is 0 Å². The van der Waals surface area contributed by atoms with Crippen LogP contribution in [0, 0.1) is 0 Å². The number of dihydropyridines is 1. The van der Waals surface area contributed by atoms with E-state index < -0.39 is 0 Å². The van der Waals surface area contributed by atoms with Crippen molar-refractivity contribution < 1.29 is 0 Å². The molecule has 13 heavy (non-hydrogen) atoms. The van der Waals surface area contributed by atoms with Crippen LogP contribution in [0.4, 0.5) is 0 Å². The fourth-order valence-corrected chi connectivity index (χ4v) is 1.01. The molecule has 0 saturated heterocycles. The quantitative estimate of drug-likeness (QED) is 0.514. The van der Waals surface area contributed by atoms with Gasteiger partial charge in [0.25, 0.3) is 0 Å². The Labute approximate surface area is 79.1 Å². The second-order valence-corrected chi connectivity index (χ2v) is 2.74. The average molecular weight is 174 g/mol. The monoisotopic (exact) mass is 174 g/mol. The van der Waals surface area contributed by atoms with E-state index in [0.29, 0.717) is 0 Å². The molecular formula is C11H14N2. The molecule has 0 amide bonds. The predicted molar refractivity (Wildman–Crippen MR) is 57.6 cm³/mol. The summed E-state index contributed by atoms with van der Waals surface area (Å²) in [5.41, 5.74) is 1.04. The van der Waals surface area contributed by atoms with Gasteiger partial charge in [-0.3, -0.25) is 4.99 Å². The van der Waals surface area contributed by atoms with Crippen LogP contribution in [-0.2, 0) is 0 Å². The Balaban J connectivity index is 2.56. The van der Waals surface area contributed by atoms with Crippen molar-refractivity contribution in [3.63, 3.8) is 0 Å². The molecule has 0 bridgehead atoms. The van der Waals surface area contributed by atoms with Crippen LogP contribution in [0.15, 0.2) is 54.4 Å². The largest absolute Gasteiger partial charge is 0.380 e. The lowest BCUT2D eigenvalue weighted by molar-refractivity contribution is 0.860. The van der Waals surface area contributed by atoms with Crippen molar-refractivity contribution in [2.75, 3.05) is 0 Å². The number of nitrogens with zero attached hydrogens (tertiary/aromatic N) is 1. The molecule has 1 atom stereocenters. The second-order valence-electron chi connectivity index (χ2n) is 2.74. The normalized spacial score (nSPS) is 21.9. The van der Waals surface area contributed by atoms with Crippen molar-refractivity contribution in [2.45, 2.75) is 13.0 Å². The smallest absolute Gasteiger partial charge is 0.0825 e. The maximum atomic E-state index is 4.25. The molecule has 2 heteroatoms. The molecule has 68 valence electrons. The summed E-state index contributed by atoms with van der Waals surface area (Å²) in [5, 5.41) is 3.19. The molecule has 1 unspecified atom stereocenters. The molecule has 1 aliphatic rings. The Hall–Kier alpha value is -1.57. The van der Waals surface area contributed by atoms with E-state index in [0.717, 1.165) is 5.71 Å². The van der Waals surface area contributed by atoms with Gasteiger partial charge in [-0.25, -0.2) is 0 Å². The Morgan fingerprint density at radius 1 is 1.54 bits per heavy atom. The maximum absolute atomic E-state index is 4.25. The standard InChI is InChI=1S/C11H14N2/c1-3-4-8-12-10(2)11-7-5-6-9-13-11/h3-9,11,13H,1H2,2H3/b8-4-,12-10+. The number of rotatable bonds is 3. The van der Waals surface area contributed by atoms with Crippen molar-refractivity contribution in [3.8, 4) is 0 Å². The predicted octanol–water partition coefficient (Wildman–Crippen LogP) is 2.19. The van der Waals surface area contributed by atoms with E-state index in [2.05, 4.69) is 23.0 Å². The van der Waals surface area contributed by atoms with Crippen LogP contribution in [0.1, 0.15) is 6.92 Å². The van der Waals surface area contributed by atoms with Crippen LogP contribution < -0.4 is 5.32 Å². The fraction of sp³-hybridized carbons (Fsp3) is 0.182. The summed E-state index contributed by atoms with van der Waals surface area (Å²) in [7, 11) is 0. The zero-order valence-corrected chi connectivity index (χ0v) is 7.77. The van der Waals surface area contributed by atoms with E-state index >= 15 is 0 Å². The highest BCUT2D eigenvalue weighted by Gasteiger charge is 2.05. The topological polar surface area (TPSA) is 24.4 Å². The maximum Gasteiger partial charge on any atom is 0.0825 e. The molecule has 0 aliphatic carbocycles. The summed E-state index contributed by atoms with van der Waals surface area (Å²) in [4.78, 5) is 4.25. The minimum absolute atomic E-state index is 0.222. The van der Waals surface area contributed by atoms with Crippen LogP contribution in [0.3, 0.4) is 0 Å². The van der Waals surface area contributed by atoms with Gasteiger partial charge in [-0.05, 0) is 25.3 Å². The zero-order chi connectivity index (χ0) is 9.52. The second kappa shape index (κ2) is 5.14. The van der Waals surface area contributed by atoms with Gasteiger partial charge in [0.15, 0.2) is 0 Å². The highest BCUT2D eigenvalue weighted by Crippen LogP contribution is 1.97. The lowest BCUT2D eigenvalue weighted by atomic mass is 10.1. The number of allylic oxidation sites excluding steroid dienone is 4. The average Bonchev–Trinajstić information content (AvgIpc) is 2.19. The van der Waals surface area contributed by atoms with Gasteiger partial charge in [-0.15, -0.1) is 0 Å². The molecule has 0 aromatic heterocycles. The first kappa shape index (κ1) is 9.52. The van der Waals surface area contributed by atoms with Crippen LogP contribution in [0.25, 0.3) is 0 Å². The minimum Gasteiger partial charge on any atom is -0.380 e. The van der Waals surface area contributed by atoms with E-state index in [4.69, 9.17) is 0 Å². The first-order valence-electron chi connectivity index (χ1n) is 4.26. The van der Waals surface area contributed by atoms with Crippen molar-refractivity contribution in [2.24, 2.45) is 4.99 Å². The number of aliphatic imine (C=N–C) groups is 1. The molecular weight excluding hydrogens is 160 g/mol. The summed E-state index contributed by atoms with van der Waals surface area (Å²) in [6.45, 7) is 5.57. The lowest BCUT2D eigenvalue weighted by Crippen LogP contribution is -2.30. The van der Waals surface area contributed by atoms with Crippen LogP contribution in [0.2, 0.25) is 0 Å². The molecule has 0 radical (unpaired) electrons. The lowest BCUT2D eigenvalue weighted by Gasteiger charge is -2.14. The Morgan fingerprint density at radius 3 is 3.00 bits per heavy atom. The van der Waals surface area contributed by atoms with Gasteiger partial charge < -0.3 is 5.32 Å². The summed E-state index contributed by atoms with van der Waals surface area (Å²) >= 11 is 0. The molecule has 1 N–H and O–H groups in total. The Kier molecular flexibility index (Phi) is 3.76. The first-order valence-corrected chi connectivity index (χ1v) is 4.26. The highest BCUT2D eigenvalue weighted by atomic mass is 14.9. The molecule has 0 aromatic carbocycles. The van der Waals surface area contributed by atoms with Gasteiger partial charge in [0, 0.05) is 11.9 Å². The summed E-state index contributed by atoms with van der Waals surface area (Å²) in [6, 6.07) is 0.222. The van der Waals surface area contributed by atoms with Gasteiger partial charge in [-0.2, -0.15) is 0 Å². The first-order chi connectivity index (χ1) is 6.34. The molecule has 0 saturated carbocycles. The van der Waals surface area contributed by atoms with Crippen molar-refractivity contribution in [3.05, 3.63) is 49.4 Å². The molecule has 1 heterocycles. The Morgan fingerprint density at radius 2 is 2.38 bits per heavy atom. The van der Waals surface area contributed by atoms with Crippen molar-refractivity contribution >= 4 is 5.71 Å². The molecule has 1 rings (SSSR count). The van der Waals surface area contributed by atoms with Gasteiger partial charge in [0.2, 0.25) is 0 Å². The third-order valence-corrected chi connectivity index (χ3v) is 1.74. The third kappa shape index (κ3) is 3.11. The van der Waals surface area contributed by atoms with Crippen molar-refractivity contribution in [1.82, 2.24) is 5.32 Å². The van der Waals surface area contributed by atoms with E-state index in [1.54, 1.807) is 12.3 Å². The molecule has 0 spiro atoms. The number of hydrogen-bond donors (Lipinski definition) is 1. The molecule has 2 nitrogen and oxygen atoms in total. The molecule has 1 aliphatic heterocycles. The van der Waals surface area contributed by atoms with E-state index in [9.17, 15) is 0 Å². The van der Waals surface area contributed by atoms with Gasteiger partial charge in [0.1, 0.15) is 0 Å². The summed E-state index contributed by atoms with van der Waals surface area (Å²) in [6.07, 6.45) is 13.2. The van der Waals surface area contributed by atoms with Crippen LogP contribution in [-0.4, -0.2) is 11.8 Å². The zero-order valence-electron chi connectivity index (χ0n) is 7.77. The van der Waals surface area contributed by atoms with Crippen LogP contribution in [0.5, 0.6) is 0 Å². The van der Waals surface area contributed by atoms with Crippen molar-refractivity contribution in [1.29, 1.82) is 0 Å². The van der Waals surface area contributed by atoms with Crippen LogP contribution >= 0.6 is 0 Å². The fourth-order valence-electron chi connectivity index (χ4n) is 1.01. The Bertz CT molecular complexity index is 282. The number of hydrogen-bond acceptors (Lipinski definition) is 2. The van der Waals surface area contributed by atoms with Gasteiger partial charge in [-0.1, -0.05) is 24.8 Å². The van der Waals surface area contributed by atoms with Gasteiger partial charge >= 0.3 is 0 Å².